The van der Waals surface area contributed by atoms with Crippen molar-refractivity contribution in [3.8, 4) is 0 Å². The highest BCUT2D eigenvalue weighted by atomic mass is 31.0. The Balaban J connectivity index is 1.79. The first kappa shape index (κ1) is 10.2. The monoisotopic (exact) mass is 210 g/mol. The van der Waals surface area contributed by atoms with Gasteiger partial charge in [0.1, 0.15) is 0 Å². The van der Waals surface area contributed by atoms with E-state index in [1.54, 1.807) is 5.30 Å². The molecule has 0 bridgehead atoms. The van der Waals surface area contributed by atoms with E-state index in [0.29, 0.717) is 0 Å². The molecule has 0 amide bonds. The van der Waals surface area contributed by atoms with Crippen LogP contribution < -0.4 is 0 Å². The van der Waals surface area contributed by atoms with Gasteiger partial charge in [0.15, 0.2) is 0 Å². The Labute approximate surface area is 87.9 Å². The van der Waals surface area contributed by atoms with Crippen molar-refractivity contribution in [1.82, 2.24) is 9.54 Å². The number of fused-ring (bicyclic) bond motifs is 1. The van der Waals surface area contributed by atoms with Gasteiger partial charge in [-0.15, -0.1) is 0 Å². The summed E-state index contributed by atoms with van der Waals surface area (Å²) in [7, 11) is 1.39. The Morgan fingerprint density at radius 3 is 3.00 bits per heavy atom. The van der Waals surface area contributed by atoms with Crippen LogP contribution in [0.4, 0.5) is 0 Å². The van der Waals surface area contributed by atoms with E-state index < -0.39 is 0 Å². The minimum Gasteiger partial charge on any atom is -0.247 e. The van der Waals surface area contributed by atoms with Gasteiger partial charge in [-0.2, -0.15) is 5.10 Å². The first-order valence-corrected chi connectivity index (χ1v) is 6.67. The summed E-state index contributed by atoms with van der Waals surface area (Å²) in [4.78, 5) is 0. The minimum atomic E-state index is 1.16. The molecule has 1 heterocycles. The van der Waals surface area contributed by atoms with Crippen LogP contribution in [0.5, 0.6) is 0 Å². The van der Waals surface area contributed by atoms with E-state index in [2.05, 4.69) is 16.5 Å². The highest BCUT2D eigenvalue weighted by Gasteiger charge is 2.15. The maximum atomic E-state index is 4.65. The summed E-state index contributed by atoms with van der Waals surface area (Å²) < 4.78 is 2.25. The lowest BCUT2D eigenvalue weighted by Crippen LogP contribution is -1.97. The first-order chi connectivity index (χ1) is 6.90. The van der Waals surface area contributed by atoms with Crippen LogP contribution in [0.2, 0.25) is 0 Å². The Bertz CT molecular complexity index is 272. The summed E-state index contributed by atoms with van der Waals surface area (Å²) in [6, 6.07) is 0. The molecule has 2 rings (SSSR count). The lowest BCUT2D eigenvalue weighted by Gasteiger charge is -2.00. The van der Waals surface area contributed by atoms with Crippen LogP contribution >= 0.6 is 8.35 Å². The smallest absolute Gasteiger partial charge is 0.0705 e. The third-order valence-corrected chi connectivity index (χ3v) is 4.09. The predicted octanol–water partition coefficient (Wildman–Crippen LogP) is 3.53. The Kier molecular flexibility index (Phi) is 3.58. The SMILES string of the molecule is CCCCCCn1nc2c(p1)CCC2. The second kappa shape index (κ2) is 4.93. The number of nitrogens with zero attached hydrogens (tertiary/aromatic N) is 2. The van der Waals surface area contributed by atoms with Crippen LogP contribution in [-0.2, 0) is 19.4 Å². The van der Waals surface area contributed by atoms with E-state index in [1.165, 1.54) is 59.0 Å². The van der Waals surface area contributed by atoms with Crippen molar-refractivity contribution >= 4 is 8.35 Å². The number of aromatic nitrogens is 2. The van der Waals surface area contributed by atoms with Gasteiger partial charge in [-0.3, -0.25) is 0 Å². The quantitative estimate of drug-likeness (QED) is 0.680. The van der Waals surface area contributed by atoms with Gasteiger partial charge in [-0.05, 0) is 25.7 Å². The highest BCUT2D eigenvalue weighted by Crippen LogP contribution is 2.28. The number of rotatable bonds is 5. The van der Waals surface area contributed by atoms with Crippen LogP contribution in [0.25, 0.3) is 0 Å². The van der Waals surface area contributed by atoms with Crippen molar-refractivity contribution < 1.29 is 0 Å². The van der Waals surface area contributed by atoms with Crippen molar-refractivity contribution in [2.45, 2.75) is 58.4 Å². The van der Waals surface area contributed by atoms with Crippen LogP contribution in [0.3, 0.4) is 0 Å². The maximum absolute atomic E-state index is 4.65. The molecule has 0 fully saturated rings. The molecule has 0 atom stereocenters. The first-order valence-electron chi connectivity index (χ1n) is 5.83. The Morgan fingerprint density at radius 1 is 1.29 bits per heavy atom. The zero-order valence-electron chi connectivity index (χ0n) is 9.00. The highest BCUT2D eigenvalue weighted by molar-refractivity contribution is 7.26. The van der Waals surface area contributed by atoms with Gasteiger partial charge < -0.3 is 0 Å². The van der Waals surface area contributed by atoms with Crippen molar-refractivity contribution in [2.24, 2.45) is 0 Å². The molecule has 1 aromatic heterocycles. The molecule has 0 N–H and O–H groups in total. The van der Waals surface area contributed by atoms with Gasteiger partial charge in [0.05, 0.1) is 5.69 Å². The lowest BCUT2D eigenvalue weighted by atomic mass is 10.2. The fourth-order valence-corrected chi connectivity index (χ4v) is 3.21. The third kappa shape index (κ3) is 2.36. The molecule has 0 aliphatic heterocycles. The largest absolute Gasteiger partial charge is 0.247 e. The second-order valence-corrected chi connectivity index (χ2v) is 5.31. The molecule has 0 saturated heterocycles. The molecule has 2 nitrogen and oxygen atoms in total. The minimum absolute atomic E-state index is 1.16. The van der Waals surface area contributed by atoms with Gasteiger partial charge in [0, 0.05) is 20.2 Å². The van der Waals surface area contributed by atoms with Crippen LogP contribution in [0.1, 0.15) is 50.0 Å². The average molecular weight is 210 g/mol. The number of unbranched alkanes of at least 4 members (excludes halogenated alkanes) is 3. The molecular weight excluding hydrogens is 191 g/mol. The van der Waals surface area contributed by atoms with E-state index in [4.69, 9.17) is 0 Å². The zero-order chi connectivity index (χ0) is 9.80. The standard InChI is InChI=1S/C11H19N2P/c1-2-3-4-5-9-13-12-10-7-6-8-11(10)14-13/h2-9H2,1H3. The van der Waals surface area contributed by atoms with E-state index in [0.717, 1.165) is 6.54 Å². The van der Waals surface area contributed by atoms with Gasteiger partial charge in [0.2, 0.25) is 0 Å². The Hall–Kier alpha value is -0.360. The molecule has 0 radical (unpaired) electrons. The molecule has 14 heavy (non-hydrogen) atoms. The fraction of sp³-hybridized carbons (Fsp3) is 0.818. The van der Waals surface area contributed by atoms with Gasteiger partial charge in [0.25, 0.3) is 0 Å². The van der Waals surface area contributed by atoms with Gasteiger partial charge in [-0.1, -0.05) is 26.2 Å². The Morgan fingerprint density at radius 2 is 2.21 bits per heavy atom. The van der Waals surface area contributed by atoms with Crippen molar-refractivity contribution in [1.29, 1.82) is 0 Å². The molecule has 1 aliphatic carbocycles. The van der Waals surface area contributed by atoms with Crippen LogP contribution in [0, 0.1) is 0 Å². The number of hydrogen-bond acceptors (Lipinski definition) is 1. The maximum Gasteiger partial charge on any atom is 0.0705 e. The second-order valence-electron chi connectivity index (χ2n) is 4.10. The summed E-state index contributed by atoms with van der Waals surface area (Å²) in [6.45, 7) is 3.42. The lowest BCUT2D eigenvalue weighted by molar-refractivity contribution is 0.566. The van der Waals surface area contributed by atoms with Crippen LogP contribution in [-0.4, -0.2) is 9.54 Å². The molecule has 0 unspecified atom stereocenters. The number of hydrogen-bond donors (Lipinski definition) is 0. The van der Waals surface area contributed by atoms with E-state index >= 15 is 0 Å². The molecule has 1 aromatic rings. The molecule has 0 spiro atoms. The number of aryl methyl sites for hydroxylation is 3. The average Bonchev–Trinajstić information content (AvgIpc) is 2.72. The summed E-state index contributed by atoms with van der Waals surface area (Å²) >= 11 is 0. The molecule has 3 heteroatoms. The summed E-state index contributed by atoms with van der Waals surface area (Å²) in [5, 5.41) is 6.25. The molecule has 1 aliphatic rings. The fourth-order valence-electron chi connectivity index (χ4n) is 2.01. The normalized spacial score (nSPS) is 15.2. The van der Waals surface area contributed by atoms with Crippen molar-refractivity contribution in [3.63, 3.8) is 0 Å². The van der Waals surface area contributed by atoms with E-state index in [9.17, 15) is 0 Å². The molecular formula is C11H19N2P. The topological polar surface area (TPSA) is 17.8 Å². The van der Waals surface area contributed by atoms with Crippen molar-refractivity contribution in [2.75, 3.05) is 0 Å². The molecule has 0 aromatic carbocycles. The summed E-state index contributed by atoms with van der Waals surface area (Å²) in [5.74, 6) is 0. The van der Waals surface area contributed by atoms with Gasteiger partial charge in [-0.25, -0.2) is 4.44 Å². The van der Waals surface area contributed by atoms with Crippen molar-refractivity contribution in [3.05, 3.63) is 11.0 Å². The van der Waals surface area contributed by atoms with Crippen LogP contribution in [0.15, 0.2) is 0 Å². The van der Waals surface area contributed by atoms with E-state index in [-0.39, 0.29) is 0 Å². The summed E-state index contributed by atoms with van der Waals surface area (Å²) in [6.07, 6.45) is 9.24. The zero-order valence-corrected chi connectivity index (χ0v) is 9.89. The third-order valence-electron chi connectivity index (χ3n) is 2.84. The summed E-state index contributed by atoms with van der Waals surface area (Å²) in [5.41, 5.74) is 1.40. The predicted molar refractivity (Wildman–Crippen MR) is 60.9 cm³/mol. The van der Waals surface area contributed by atoms with E-state index in [1.807, 2.05) is 0 Å². The van der Waals surface area contributed by atoms with Gasteiger partial charge >= 0.3 is 0 Å². The molecule has 78 valence electrons. The molecule has 0 saturated carbocycles.